The van der Waals surface area contributed by atoms with Crippen molar-refractivity contribution in [2.45, 2.75) is 0 Å². The van der Waals surface area contributed by atoms with E-state index in [-0.39, 0.29) is 0 Å². The molecule has 52 heavy (non-hydrogen) atoms. The number of oxazole rings is 2. The van der Waals surface area contributed by atoms with Gasteiger partial charge in [-0.3, -0.25) is 0 Å². The Balaban J connectivity index is 1.26. The highest BCUT2D eigenvalue weighted by Crippen LogP contribution is 2.44. The van der Waals surface area contributed by atoms with Gasteiger partial charge in [0.05, 0.1) is 23.8 Å². The number of hydrogen-bond acceptors (Lipinski definition) is 6. The number of fused-ring (bicyclic) bond motifs is 6. The summed E-state index contributed by atoms with van der Waals surface area (Å²) >= 11 is 0. The molecule has 0 saturated heterocycles. The smallest absolute Gasteiger partial charge is 0.181 e. The van der Waals surface area contributed by atoms with Gasteiger partial charge in [0.1, 0.15) is 11.4 Å². The van der Waals surface area contributed by atoms with Crippen LogP contribution in [0.4, 0.5) is 0 Å². The second-order valence-corrected chi connectivity index (χ2v) is 12.7. The quantitative estimate of drug-likeness (QED) is 0.164. The largest absolute Gasteiger partial charge is 0.442 e. The summed E-state index contributed by atoms with van der Waals surface area (Å²) in [5.74, 6) is 1.27. The molecule has 10 rings (SSSR count). The number of nitrogens with zero attached hydrogens (tertiary/aromatic N) is 4. The Hall–Kier alpha value is -7.18. The van der Waals surface area contributed by atoms with Crippen molar-refractivity contribution in [2.75, 3.05) is 0 Å². The summed E-state index contributed by atoms with van der Waals surface area (Å²) in [6.45, 7) is 0. The van der Waals surface area contributed by atoms with Gasteiger partial charge in [0.25, 0.3) is 0 Å². The van der Waals surface area contributed by atoms with Crippen molar-refractivity contribution in [3.05, 3.63) is 171 Å². The van der Waals surface area contributed by atoms with Crippen LogP contribution in [0.3, 0.4) is 0 Å². The lowest BCUT2D eigenvalue weighted by Crippen LogP contribution is -1.92. The molecule has 0 spiro atoms. The van der Waals surface area contributed by atoms with Crippen molar-refractivity contribution in [1.82, 2.24) is 19.9 Å². The molecule has 4 aromatic heterocycles. The zero-order valence-electron chi connectivity index (χ0n) is 27.8. The fraction of sp³-hybridized carbons (Fsp3) is 0. The summed E-state index contributed by atoms with van der Waals surface area (Å²) in [4.78, 5) is 18.1. The van der Waals surface area contributed by atoms with Crippen LogP contribution >= 0.6 is 0 Å². The third kappa shape index (κ3) is 5.13. The third-order valence-corrected chi connectivity index (χ3v) is 9.70. The van der Waals surface area contributed by atoms with Crippen LogP contribution in [0.1, 0.15) is 0 Å². The summed E-state index contributed by atoms with van der Waals surface area (Å²) in [6, 6.07) is 51.3. The predicted molar refractivity (Wildman–Crippen MR) is 207 cm³/mol. The number of rotatable bonds is 6. The Morgan fingerprint density at radius 3 is 1.17 bits per heavy atom. The Morgan fingerprint density at radius 1 is 0.327 bits per heavy atom. The number of pyridine rings is 2. The van der Waals surface area contributed by atoms with Gasteiger partial charge in [-0.1, -0.05) is 97.1 Å². The zero-order valence-corrected chi connectivity index (χ0v) is 27.8. The standard InChI is InChI=1S/C46H28N4O2/c1-3-9-29(10-4-1)35-23-39-37-21-31(41-13-7-15-43(49-41)45-25-47-27-51-45)17-19-33(37)34-20-18-32(42-14-8-16-44(50-42)46-26-48-28-52-46)22-38(34)40(39)24-36(35)30-11-5-2-6-12-30/h1-28H. The molecule has 0 aliphatic heterocycles. The van der Waals surface area contributed by atoms with Crippen molar-refractivity contribution in [2.24, 2.45) is 0 Å². The highest BCUT2D eigenvalue weighted by atomic mass is 16.3. The monoisotopic (exact) mass is 668 g/mol. The van der Waals surface area contributed by atoms with Gasteiger partial charge >= 0.3 is 0 Å². The van der Waals surface area contributed by atoms with Gasteiger partial charge in [0, 0.05) is 11.1 Å². The second kappa shape index (κ2) is 12.3. The first-order valence-corrected chi connectivity index (χ1v) is 17.1. The van der Waals surface area contributed by atoms with E-state index in [9.17, 15) is 0 Å². The van der Waals surface area contributed by atoms with Gasteiger partial charge in [0.15, 0.2) is 24.3 Å². The molecule has 6 nitrogen and oxygen atoms in total. The topological polar surface area (TPSA) is 77.8 Å². The van der Waals surface area contributed by atoms with E-state index in [0.29, 0.717) is 11.5 Å². The minimum atomic E-state index is 0.636. The summed E-state index contributed by atoms with van der Waals surface area (Å²) < 4.78 is 11.1. The molecular weight excluding hydrogens is 641 g/mol. The average Bonchev–Trinajstić information content (AvgIpc) is 3.97. The molecule has 0 saturated carbocycles. The van der Waals surface area contributed by atoms with Crippen molar-refractivity contribution >= 4 is 32.3 Å². The molecule has 0 amide bonds. The maximum Gasteiger partial charge on any atom is 0.181 e. The van der Waals surface area contributed by atoms with Gasteiger partial charge in [-0.25, -0.2) is 19.9 Å². The Labute approximate surface area is 298 Å². The Bertz CT molecular complexity index is 2690. The first-order valence-electron chi connectivity index (χ1n) is 17.1. The van der Waals surface area contributed by atoms with Crippen LogP contribution < -0.4 is 0 Å². The van der Waals surface area contributed by atoms with Crippen molar-refractivity contribution in [3.63, 3.8) is 0 Å². The van der Waals surface area contributed by atoms with E-state index in [0.717, 1.165) is 66.6 Å². The summed E-state index contributed by atoms with van der Waals surface area (Å²) in [7, 11) is 0. The number of aromatic nitrogens is 4. The van der Waals surface area contributed by atoms with E-state index < -0.39 is 0 Å². The summed E-state index contributed by atoms with van der Waals surface area (Å²) in [6.07, 6.45) is 6.24. The molecule has 0 unspecified atom stereocenters. The highest BCUT2D eigenvalue weighted by Gasteiger charge is 2.17. The predicted octanol–water partition coefficient (Wildman–Crippen LogP) is 11.9. The van der Waals surface area contributed by atoms with E-state index >= 15 is 0 Å². The first-order chi connectivity index (χ1) is 25.8. The summed E-state index contributed by atoms with van der Waals surface area (Å²) in [5.41, 5.74) is 9.93. The minimum Gasteiger partial charge on any atom is -0.442 e. The lowest BCUT2D eigenvalue weighted by Gasteiger charge is -2.18. The van der Waals surface area contributed by atoms with Crippen LogP contribution in [-0.2, 0) is 0 Å². The zero-order chi connectivity index (χ0) is 34.4. The molecule has 0 N–H and O–H groups in total. The molecule has 6 aromatic carbocycles. The van der Waals surface area contributed by atoms with Gasteiger partial charge < -0.3 is 8.83 Å². The van der Waals surface area contributed by atoms with Crippen molar-refractivity contribution in [1.29, 1.82) is 0 Å². The van der Waals surface area contributed by atoms with E-state index in [1.807, 2.05) is 36.4 Å². The van der Waals surface area contributed by atoms with Crippen LogP contribution in [0.5, 0.6) is 0 Å². The fourth-order valence-electron chi connectivity index (χ4n) is 7.23. The van der Waals surface area contributed by atoms with E-state index in [1.54, 1.807) is 12.4 Å². The molecule has 0 bridgehead atoms. The van der Waals surface area contributed by atoms with E-state index in [2.05, 4.69) is 119 Å². The first kappa shape index (κ1) is 29.7. The van der Waals surface area contributed by atoms with Gasteiger partial charge in [0.2, 0.25) is 0 Å². The maximum atomic E-state index is 5.57. The average molecular weight is 669 g/mol. The number of benzene rings is 6. The fourth-order valence-corrected chi connectivity index (χ4v) is 7.23. The molecule has 0 radical (unpaired) electrons. The van der Waals surface area contributed by atoms with Crippen LogP contribution in [0.2, 0.25) is 0 Å². The maximum absolute atomic E-state index is 5.57. The van der Waals surface area contributed by atoms with Crippen LogP contribution in [0.15, 0.2) is 180 Å². The second-order valence-electron chi connectivity index (χ2n) is 12.7. The lowest BCUT2D eigenvalue weighted by molar-refractivity contribution is 0.569. The minimum absolute atomic E-state index is 0.636. The third-order valence-electron chi connectivity index (χ3n) is 9.70. The molecule has 10 aromatic rings. The van der Waals surface area contributed by atoms with Gasteiger partial charge in [-0.15, -0.1) is 0 Å². The Kier molecular flexibility index (Phi) is 7.03. The van der Waals surface area contributed by atoms with Crippen molar-refractivity contribution < 1.29 is 8.83 Å². The van der Waals surface area contributed by atoms with Crippen molar-refractivity contribution in [3.8, 4) is 67.7 Å². The molecule has 6 heteroatoms. The molecule has 4 heterocycles. The molecule has 0 aliphatic rings. The van der Waals surface area contributed by atoms with Crippen LogP contribution in [-0.4, -0.2) is 19.9 Å². The number of hydrogen-bond donors (Lipinski definition) is 0. The van der Waals surface area contributed by atoms with Gasteiger partial charge in [-0.05, 0) is 103 Å². The van der Waals surface area contributed by atoms with E-state index in [1.165, 1.54) is 34.7 Å². The lowest BCUT2D eigenvalue weighted by atomic mass is 9.86. The molecule has 0 aliphatic carbocycles. The SMILES string of the molecule is c1ccc(-c2cc3c4cc(-c5cccc(-c6cnco6)n5)ccc4c4ccc(-c5cccc(-c6cnco6)n5)cc4c3cc2-c2ccccc2)cc1. The molecule has 244 valence electrons. The molecular formula is C46H28N4O2. The normalized spacial score (nSPS) is 11.5. The van der Waals surface area contributed by atoms with E-state index in [4.69, 9.17) is 18.8 Å². The molecule has 0 fully saturated rings. The van der Waals surface area contributed by atoms with Crippen LogP contribution in [0.25, 0.3) is 100.0 Å². The molecule has 0 atom stereocenters. The highest BCUT2D eigenvalue weighted by molar-refractivity contribution is 6.27. The Morgan fingerprint density at radius 2 is 0.750 bits per heavy atom. The van der Waals surface area contributed by atoms with Crippen LogP contribution in [0, 0.1) is 0 Å². The summed E-state index contributed by atoms with van der Waals surface area (Å²) in [5, 5.41) is 6.96. The van der Waals surface area contributed by atoms with Gasteiger partial charge in [-0.2, -0.15) is 0 Å².